The van der Waals surface area contributed by atoms with Crippen molar-refractivity contribution in [2.75, 3.05) is 12.3 Å². The van der Waals surface area contributed by atoms with Gasteiger partial charge in [-0.05, 0) is 17.7 Å². The van der Waals surface area contributed by atoms with Crippen LogP contribution in [0.5, 0.6) is 0 Å². The molecule has 0 amide bonds. The first-order chi connectivity index (χ1) is 6.60. The molecule has 0 fully saturated rings. The SMILES string of the molecule is NCCS(=O)(=O)c1cccc(CN)c1. The zero-order valence-corrected chi connectivity index (χ0v) is 8.63. The Morgan fingerprint density at radius 2 is 1.93 bits per heavy atom. The van der Waals surface area contributed by atoms with Crippen molar-refractivity contribution in [1.82, 2.24) is 0 Å². The summed E-state index contributed by atoms with van der Waals surface area (Å²) in [5, 5.41) is 0. The van der Waals surface area contributed by atoms with E-state index in [-0.39, 0.29) is 12.3 Å². The van der Waals surface area contributed by atoms with E-state index in [1.54, 1.807) is 24.3 Å². The molecule has 0 saturated heterocycles. The highest BCUT2D eigenvalue weighted by atomic mass is 32.2. The van der Waals surface area contributed by atoms with E-state index in [1.807, 2.05) is 0 Å². The Kier molecular flexibility index (Phi) is 3.62. The largest absolute Gasteiger partial charge is 0.329 e. The molecule has 0 unspecified atom stereocenters. The van der Waals surface area contributed by atoms with Crippen LogP contribution in [0.3, 0.4) is 0 Å². The third kappa shape index (κ3) is 2.54. The maximum Gasteiger partial charge on any atom is 0.179 e. The molecule has 0 aliphatic carbocycles. The number of nitrogens with two attached hydrogens (primary N) is 2. The third-order valence-corrected chi connectivity index (χ3v) is 3.63. The van der Waals surface area contributed by atoms with Gasteiger partial charge in [-0.3, -0.25) is 0 Å². The summed E-state index contributed by atoms with van der Waals surface area (Å²) in [5.74, 6) is -0.0268. The molecule has 78 valence electrons. The summed E-state index contributed by atoms with van der Waals surface area (Å²) in [5.41, 5.74) is 11.4. The minimum Gasteiger partial charge on any atom is -0.329 e. The quantitative estimate of drug-likeness (QED) is 0.731. The van der Waals surface area contributed by atoms with Crippen LogP contribution in [0.4, 0.5) is 0 Å². The molecule has 1 aromatic carbocycles. The molecule has 4 nitrogen and oxygen atoms in total. The van der Waals surface area contributed by atoms with Crippen LogP contribution in [-0.2, 0) is 16.4 Å². The Balaban J connectivity index is 3.07. The minimum atomic E-state index is -3.22. The monoisotopic (exact) mass is 214 g/mol. The zero-order chi connectivity index (χ0) is 10.6. The fourth-order valence-electron chi connectivity index (χ4n) is 1.14. The van der Waals surface area contributed by atoms with E-state index in [0.717, 1.165) is 5.56 Å². The molecule has 0 spiro atoms. The number of hydrogen-bond acceptors (Lipinski definition) is 4. The van der Waals surface area contributed by atoms with Crippen LogP contribution in [-0.4, -0.2) is 20.7 Å². The normalized spacial score (nSPS) is 11.6. The van der Waals surface area contributed by atoms with E-state index in [9.17, 15) is 8.42 Å². The highest BCUT2D eigenvalue weighted by Crippen LogP contribution is 2.12. The van der Waals surface area contributed by atoms with Gasteiger partial charge in [0.05, 0.1) is 10.6 Å². The summed E-state index contributed by atoms with van der Waals surface area (Å²) in [4.78, 5) is 0.297. The maximum absolute atomic E-state index is 11.6. The lowest BCUT2D eigenvalue weighted by Gasteiger charge is -2.04. The first-order valence-electron chi connectivity index (χ1n) is 4.32. The van der Waals surface area contributed by atoms with Crippen LogP contribution in [0.1, 0.15) is 5.56 Å². The summed E-state index contributed by atoms with van der Waals surface area (Å²) in [6.45, 7) is 0.473. The molecule has 0 atom stereocenters. The van der Waals surface area contributed by atoms with Crippen LogP contribution in [0.15, 0.2) is 29.2 Å². The van der Waals surface area contributed by atoms with E-state index in [0.29, 0.717) is 11.4 Å². The van der Waals surface area contributed by atoms with Crippen molar-refractivity contribution in [1.29, 1.82) is 0 Å². The van der Waals surface area contributed by atoms with Gasteiger partial charge >= 0.3 is 0 Å². The Morgan fingerprint density at radius 3 is 2.50 bits per heavy atom. The van der Waals surface area contributed by atoms with Gasteiger partial charge in [-0.2, -0.15) is 0 Å². The molecule has 14 heavy (non-hydrogen) atoms. The molecule has 0 aliphatic heterocycles. The molecular formula is C9H14N2O2S. The smallest absolute Gasteiger partial charge is 0.179 e. The Labute approximate surface area is 83.8 Å². The van der Waals surface area contributed by atoms with E-state index in [1.165, 1.54) is 0 Å². The molecule has 0 saturated carbocycles. The molecule has 0 bridgehead atoms. The van der Waals surface area contributed by atoms with Crippen LogP contribution >= 0.6 is 0 Å². The van der Waals surface area contributed by atoms with Gasteiger partial charge in [-0.1, -0.05) is 12.1 Å². The van der Waals surface area contributed by atoms with Crippen molar-refractivity contribution < 1.29 is 8.42 Å². The summed E-state index contributed by atoms with van der Waals surface area (Å²) in [6, 6.07) is 6.63. The average Bonchev–Trinajstić information content (AvgIpc) is 2.18. The first kappa shape index (κ1) is 11.2. The van der Waals surface area contributed by atoms with Crippen molar-refractivity contribution in [3.05, 3.63) is 29.8 Å². The fourth-order valence-corrected chi connectivity index (χ4v) is 2.30. The fraction of sp³-hybridized carbons (Fsp3) is 0.333. The lowest BCUT2D eigenvalue weighted by molar-refractivity contribution is 0.595. The van der Waals surface area contributed by atoms with Gasteiger partial charge in [0.15, 0.2) is 9.84 Å². The van der Waals surface area contributed by atoms with Gasteiger partial charge in [-0.15, -0.1) is 0 Å². The van der Waals surface area contributed by atoms with E-state index in [4.69, 9.17) is 11.5 Å². The summed E-state index contributed by atoms with van der Waals surface area (Å²) >= 11 is 0. The Bertz CT molecular complexity index is 401. The lowest BCUT2D eigenvalue weighted by atomic mass is 10.2. The second-order valence-electron chi connectivity index (χ2n) is 2.96. The van der Waals surface area contributed by atoms with Crippen molar-refractivity contribution in [2.45, 2.75) is 11.4 Å². The molecule has 4 N–H and O–H groups in total. The third-order valence-electron chi connectivity index (χ3n) is 1.88. The number of hydrogen-bond donors (Lipinski definition) is 2. The Morgan fingerprint density at radius 1 is 1.21 bits per heavy atom. The minimum absolute atomic E-state index is 0.0268. The highest BCUT2D eigenvalue weighted by molar-refractivity contribution is 7.91. The molecule has 1 rings (SSSR count). The second-order valence-corrected chi connectivity index (χ2v) is 5.07. The van der Waals surface area contributed by atoms with Crippen molar-refractivity contribution in [3.8, 4) is 0 Å². The molecular weight excluding hydrogens is 200 g/mol. The predicted molar refractivity (Wildman–Crippen MR) is 55.4 cm³/mol. The summed E-state index contributed by atoms with van der Waals surface area (Å²) in [7, 11) is -3.22. The van der Waals surface area contributed by atoms with Crippen LogP contribution < -0.4 is 11.5 Å². The van der Waals surface area contributed by atoms with Gasteiger partial charge in [0.2, 0.25) is 0 Å². The maximum atomic E-state index is 11.6. The van der Waals surface area contributed by atoms with Crippen molar-refractivity contribution in [2.24, 2.45) is 11.5 Å². The highest BCUT2D eigenvalue weighted by Gasteiger charge is 2.12. The topological polar surface area (TPSA) is 86.2 Å². The van der Waals surface area contributed by atoms with Gasteiger partial charge in [0.1, 0.15) is 0 Å². The number of benzene rings is 1. The zero-order valence-electron chi connectivity index (χ0n) is 7.81. The first-order valence-corrected chi connectivity index (χ1v) is 5.97. The lowest BCUT2D eigenvalue weighted by Crippen LogP contribution is -2.16. The number of rotatable bonds is 4. The van der Waals surface area contributed by atoms with Crippen molar-refractivity contribution >= 4 is 9.84 Å². The average molecular weight is 214 g/mol. The van der Waals surface area contributed by atoms with Gasteiger partial charge in [0.25, 0.3) is 0 Å². The van der Waals surface area contributed by atoms with Gasteiger partial charge in [-0.25, -0.2) is 8.42 Å². The second kappa shape index (κ2) is 4.54. The van der Waals surface area contributed by atoms with Crippen LogP contribution in [0.25, 0.3) is 0 Å². The molecule has 0 radical (unpaired) electrons. The van der Waals surface area contributed by atoms with Crippen LogP contribution in [0, 0.1) is 0 Å². The van der Waals surface area contributed by atoms with E-state index in [2.05, 4.69) is 0 Å². The van der Waals surface area contributed by atoms with E-state index >= 15 is 0 Å². The molecule has 0 heterocycles. The molecule has 0 aromatic heterocycles. The Hall–Kier alpha value is -0.910. The predicted octanol–water partition coefficient (Wildman–Crippen LogP) is -0.122. The summed E-state index contributed by atoms with van der Waals surface area (Å²) < 4.78 is 23.2. The van der Waals surface area contributed by atoms with Crippen molar-refractivity contribution in [3.63, 3.8) is 0 Å². The van der Waals surface area contributed by atoms with E-state index < -0.39 is 9.84 Å². The summed E-state index contributed by atoms with van der Waals surface area (Å²) in [6.07, 6.45) is 0. The van der Waals surface area contributed by atoms with Crippen LogP contribution in [0.2, 0.25) is 0 Å². The standard InChI is InChI=1S/C9H14N2O2S/c10-4-5-14(12,13)9-3-1-2-8(6-9)7-11/h1-3,6H,4-5,7,10-11H2. The number of sulfone groups is 1. The van der Waals surface area contributed by atoms with Gasteiger partial charge < -0.3 is 11.5 Å². The molecule has 0 aliphatic rings. The molecule has 5 heteroatoms. The van der Waals surface area contributed by atoms with Gasteiger partial charge in [0, 0.05) is 13.1 Å². The molecule has 1 aromatic rings.